The van der Waals surface area contributed by atoms with Crippen molar-refractivity contribution in [2.45, 2.75) is 69.3 Å². The summed E-state index contributed by atoms with van der Waals surface area (Å²) < 4.78 is 25.2. The second kappa shape index (κ2) is 12.8. The summed E-state index contributed by atoms with van der Waals surface area (Å²) in [5.41, 5.74) is 2.51. The van der Waals surface area contributed by atoms with Gasteiger partial charge in [0.1, 0.15) is 6.29 Å². The van der Waals surface area contributed by atoms with Crippen LogP contribution < -0.4 is 0 Å². The zero-order chi connectivity index (χ0) is 23.4. The molecule has 1 unspecified atom stereocenters. The van der Waals surface area contributed by atoms with Crippen molar-refractivity contribution in [1.82, 2.24) is 0 Å². The molecule has 1 fully saturated rings. The summed E-state index contributed by atoms with van der Waals surface area (Å²) >= 11 is 0. The minimum absolute atomic E-state index is 0.0849. The molecule has 0 aromatic heterocycles. The van der Waals surface area contributed by atoms with Crippen LogP contribution in [0.4, 0.5) is 0 Å². The second-order valence-electron chi connectivity index (χ2n) is 8.71. The fourth-order valence-corrected chi connectivity index (χ4v) is 6.46. The zero-order valence-corrected chi connectivity index (χ0v) is 20.1. The molecule has 0 spiro atoms. The lowest BCUT2D eigenvalue weighted by atomic mass is 9.65. The van der Waals surface area contributed by atoms with Crippen LogP contribution in [-0.4, -0.2) is 25.2 Å². The van der Waals surface area contributed by atoms with Gasteiger partial charge in [-0.1, -0.05) is 67.1 Å². The van der Waals surface area contributed by atoms with Crippen molar-refractivity contribution in [1.29, 1.82) is 5.26 Å². The van der Waals surface area contributed by atoms with E-state index in [0.717, 1.165) is 51.2 Å². The van der Waals surface area contributed by atoms with Gasteiger partial charge < -0.3 is 13.8 Å². The van der Waals surface area contributed by atoms with Gasteiger partial charge >= 0.3 is 7.60 Å². The van der Waals surface area contributed by atoms with Crippen LogP contribution >= 0.6 is 7.60 Å². The Balaban J connectivity index is 1.66. The number of unbranched alkanes of at least 4 members (excludes halogenated alkanes) is 3. The van der Waals surface area contributed by atoms with Crippen molar-refractivity contribution in [3.05, 3.63) is 71.8 Å². The van der Waals surface area contributed by atoms with Crippen molar-refractivity contribution in [2.75, 3.05) is 12.8 Å². The molecule has 1 aliphatic rings. The molecule has 0 amide bonds. The van der Waals surface area contributed by atoms with Crippen molar-refractivity contribution in [3.63, 3.8) is 0 Å². The highest BCUT2D eigenvalue weighted by Crippen LogP contribution is 2.54. The van der Waals surface area contributed by atoms with E-state index in [1.807, 2.05) is 12.1 Å². The Kier molecular flexibility index (Phi) is 9.88. The van der Waals surface area contributed by atoms with E-state index >= 15 is 0 Å². The topological polar surface area (TPSA) is 76.4 Å². The Hall–Kier alpha value is -2.25. The van der Waals surface area contributed by atoms with Crippen LogP contribution in [0.15, 0.2) is 60.7 Å². The van der Waals surface area contributed by atoms with Gasteiger partial charge in [0.25, 0.3) is 0 Å². The second-order valence-corrected chi connectivity index (χ2v) is 10.8. The van der Waals surface area contributed by atoms with Gasteiger partial charge in [-0.05, 0) is 49.7 Å². The van der Waals surface area contributed by atoms with Gasteiger partial charge in [0.2, 0.25) is 0 Å². The van der Waals surface area contributed by atoms with E-state index in [4.69, 9.17) is 14.3 Å². The Morgan fingerprint density at radius 1 is 0.970 bits per heavy atom. The van der Waals surface area contributed by atoms with E-state index in [1.165, 1.54) is 11.1 Å². The third-order valence-corrected chi connectivity index (χ3v) is 8.47. The molecule has 1 aliphatic carbocycles. The van der Waals surface area contributed by atoms with Crippen LogP contribution in [0.5, 0.6) is 0 Å². The van der Waals surface area contributed by atoms with Gasteiger partial charge in [-0.25, -0.2) is 0 Å². The number of aldehydes is 1. The minimum atomic E-state index is -3.34. The SMILES string of the molecule is N#CCCP(=O)(OCCCCCC=O)OC1CCC(c2ccccc2)(c2ccccc2)CC1. The van der Waals surface area contributed by atoms with Crippen LogP contribution in [-0.2, 0) is 23.8 Å². The molecule has 0 heterocycles. The van der Waals surface area contributed by atoms with Crippen molar-refractivity contribution < 1.29 is 18.4 Å². The van der Waals surface area contributed by atoms with Crippen molar-refractivity contribution in [3.8, 4) is 6.07 Å². The van der Waals surface area contributed by atoms with Gasteiger partial charge in [-0.2, -0.15) is 5.26 Å². The summed E-state index contributed by atoms with van der Waals surface area (Å²) in [5, 5.41) is 9.01. The molecule has 0 radical (unpaired) electrons. The highest BCUT2D eigenvalue weighted by Gasteiger charge is 2.40. The molecule has 1 saturated carbocycles. The van der Waals surface area contributed by atoms with Gasteiger partial charge in [-0.15, -0.1) is 0 Å². The van der Waals surface area contributed by atoms with Crippen molar-refractivity contribution in [2.24, 2.45) is 0 Å². The first-order valence-corrected chi connectivity index (χ1v) is 13.7. The first-order chi connectivity index (χ1) is 16.1. The number of hydrogen-bond donors (Lipinski definition) is 0. The number of benzene rings is 2. The van der Waals surface area contributed by atoms with Crippen LogP contribution in [0.25, 0.3) is 0 Å². The average Bonchev–Trinajstić information content (AvgIpc) is 2.87. The number of rotatable bonds is 13. The maximum atomic E-state index is 13.4. The molecule has 2 aromatic rings. The molecular weight excluding hydrogens is 433 g/mol. The van der Waals surface area contributed by atoms with Gasteiger partial charge in [-0.3, -0.25) is 4.57 Å². The minimum Gasteiger partial charge on any atom is -0.309 e. The standard InChI is InChI=1S/C27H34NO4P/c28-20-11-23-33(30,31-22-10-2-1-9-21-29)32-26-16-18-27(19-17-26,24-12-5-3-6-13-24)25-14-7-4-8-15-25/h3-8,12-15,21,26H,1-2,9-11,16-19,22-23H2. The number of carbonyl (C=O) groups excluding carboxylic acids is 1. The van der Waals surface area contributed by atoms with E-state index < -0.39 is 7.60 Å². The Bertz CT molecular complexity index is 892. The molecule has 1 atom stereocenters. The van der Waals surface area contributed by atoms with Gasteiger partial charge in [0.05, 0.1) is 24.9 Å². The van der Waals surface area contributed by atoms with Crippen LogP contribution in [0.3, 0.4) is 0 Å². The molecule has 3 rings (SSSR count). The average molecular weight is 468 g/mol. The molecule has 6 heteroatoms. The van der Waals surface area contributed by atoms with Crippen LogP contribution in [0.2, 0.25) is 0 Å². The molecule has 0 saturated heterocycles. The summed E-state index contributed by atoms with van der Waals surface area (Å²) in [6.45, 7) is 0.326. The Labute approximate surface area is 197 Å². The molecule has 0 aliphatic heterocycles. The van der Waals surface area contributed by atoms with Gasteiger partial charge in [0.15, 0.2) is 0 Å². The quantitative estimate of drug-likeness (QED) is 0.184. The zero-order valence-electron chi connectivity index (χ0n) is 19.2. The molecule has 2 aromatic carbocycles. The predicted molar refractivity (Wildman–Crippen MR) is 130 cm³/mol. The molecule has 5 nitrogen and oxygen atoms in total. The normalized spacial score (nSPS) is 17.7. The maximum Gasteiger partial charge on any atom is 0.331 e. The van der Waals surface area contributed by atoms with E-state index in [9.17, 15) is 9.36 Å². The summed E-state index contributed by atoms with van der Waals surface area (Å²) in [6.07, 6.45) is 7.30. The fourth-order valence-electron chi connectivity index (χ4n) is 4.72. The lowest BCUT2D eigenvalue weighted by molar-refractivity contribution is -0.107. The van der Waals surface area contributed by atoms with E-state index in [2.05, 4.69) is 54.6 Å². The summed E-state index contributed by atoms with van der Waals surface area (Å²) in [5.74, 6) is 0. The first kappa shape index (κ1) is 25.4. The smallest absolute Gasteiger partial charge is 0.309 e. The molecule has 33 heavy (non-hydrogen) atoms. The molecular formula is C27H34NO4P. The summed E-state index contributed by atoms with van der Waals surface area (Å²) in [7, 11) is -3.34. The third kappa shape index (κ3) is 7.11. The first-order valence-electron chi connectivity index (χ1n) is 12.0. The van der Waals surface area contributed by atoms with E-state index in [1.54, 1.807) is 0 Å². The Morgan fingerprint density at radius 3 is 2.12 bits per heavy atom. The Morgan fingerprint density at radius 2 is 1.58 bits per heavy atom. The number of nitrogens with zero attached hydrogens (tertiary/aromatic N) is 1. The predicted octanol–water partition coefficient (Wildman–Crippen LogP) is 6.81. The highest BCUT2D eigenvalue weighted by atomic mass is 31.2. The summed E-state index contributed by atoms with van der Waals surface area (Å²) in [6, 6.07) is 23.3. The summed E-state index contributed by atoms with van der Waals surface area (Å²) in [4.78, 5) is 10.4. The number of nitriles is 1. The number of carbonyl (C=O) groups is 1. The number of hydrogen-bond acceptors (Lipinski definition) is 5. The molecule has 0 bridgehead atoms. The monoisotopic (exact) mass is 467 g/mol. The lowest BCUT2D eigenvalue weighted by Gasteiger charge is -2.41. The molecule has 176 valence electrons. The van der Waals surface area contributed by atoms with Crippen LogP contribution in [0.1, 0.15) is 68.9 Å². The fraction of sp³-hybridized carbons (Fsp3) is 0.481. The molecule has 0 N–H and O–H groups in total. The van der Waals surface area contributed by atoms with Crippen molar-refractivity contribution >= 4 is 13.9 Å². The third-order valence-electron chi connectivity index (χ3n) is 6.50. The van der Waals surface area contributed by atoms with Gasteiger partial charge in [0, 0.05) is 18.3 Å². The van der Waals surface area contributed by atoms with E-state index in [-0.39, 0.29) is 24.1 Å². The highest BCUT2D eigenvalue weighted by molar-refractivity contribution is 7.53. The van der Waals surface area contributed by atoms with Crippen LogP contribution in [0, 0.1) is 11.3 Å². The maximum absolute atomic E-state index is 13.4. The lowest BCUT2D eigenvalue weighted by Crippen LogP contribution is -2.35. The van der Waals surface area contributed by atoms with E-state index in [0.29, 0.717) is 13.0 Å². The largest absolute Gasteiger partial charge is 0.331 e.